The van der Waals surface area contributed by atoms with E-state index in [1.807, 2.05) is 13.0 Å². The number of carboxylic acids is 1. The minimum Gasteiger partial charge on any atom is -0.490 e. The summed E-state index contributed by atoms with van der Waals surface area (Å²) in [6.07, 6.45) is 0.845. The van der Waals surface area contributed by atoms with E-state index in [4.69, 9.17) is 14.6 Å². The first kappa shape index (κ1) is 11.8. The molecule has 1 aliphatic rings. The molecule has 2 rings (SSSR count). The Morgan fingerprint density at radius 1 is 1.29 bits per heavy atom. The second-order valence-corrected chi connectivity index (χ2v) is 4.27. The molecule has 0 amide bonds. The predicted molar refractivity (Wildman–Crippen MR) is 62.8 cm³/mol. The number of ether oxygens (including phenoxy) is 2. The molecule has 0 fully saturated rings. The van der Waals surface area contributed by atoms with Crippen LogP contribution in [0.2, 0.25) is 0 Å². The van der Waals surface area contributed by atoms with E-state index < -0.39 is 11.9 Å². The fourth-order valence-corrected chi connectivity index (χ4v) is 1.93. The molecular weight excluding hydrogens is 220 g/mol. The van der Waals surface area contributed by atoms with Crippen LogP contribution in [0.4, 0.5) is 0 Å². The maximum Gasteiger partial charge on any atom is 0.310 e. The summed E-state index contributed by atoms with van der Waals surface area (Å²) in [6, 6.07) is 3.64. The number of hydrogen-bond acceptors (Lipinski definition) is 3. The highest BCUT2D eigenvalue weighted by molar-refractivity contribution is 5.76. The van der Waals surface area contributed by atoms with Gasteiger partial charge >= 0.3 is 5.97 Å². The Labute approximate surface area is 100 Å². The highest BCUT2D eigenvalue weighted by Gasteiger charge is 2.20. The minimum absolute atomic E-state index is 0.535. The average molecular weight is 236 g/mol. The lowest BCUT2D eigenvalue weighted by molar-refractivity contribution is -0.138. The van der Waals surface area contributed by atoms with Crippen LogP contribution in [0.5, 0.6) is 11.5 Å². The van der Waals surface area contributed by atoms with Gasteiger partial charge in [-0.1, -0.05) is 0 Å². The normalized spacial score (nSPS) is 16.1. The van der Waals surface area contributed by atoms with Crippen molar-refractivity contribution < 1.29 is 19.4 Å². The largest absolute Gasteiger partial charge is 0.490 e. The van der Waals surface area contributed by atoms with Crippen molar-refractivity contribution in [3.8, 4) is 11.5 Å². The predicted octanol–water partition coefficient (Wildman–Crippen LogP) is 2.34. The second-order valence-electron chi connectivity index (χ2n) is 4.27. The highest BCUT2D eigenvalue weighted by Crippen LogP contribution is 2.35. The van der Waals surface area contributed by atoms with Crippen molar-refractivity contribution in [2.75, 3.05) is 13.2 Å². The molecule has 0 radical (unpaired) electrons. The average Bonchev–Trinajstić information content (AvgIpc) is 2.51. The lowest BCUT2D eigenvalue weighted by Gasteiger charge is -2.14. The molecule has 17 heavy (non-hydrogen) atoms. The van der Waals surface area contributed by atoms with Crippen molar-refractivity contribution in [3.05, 3.63) is 23.3 Å². The summed E-state index contributed by atoms with van der Waals surface area (Å²) in [5.41, 5.74) is 1.70. The second kappa shape index (κ2) is 4.65. The quantitative estimate of drug-likeness (QED) is 0.856. The van der Waals surface area contributed by atoms with Crippen molar-refractivity contribution in [1.29, 1.82) is 0 Å². The third kappa shape index (κ3) is 2.35. The first-order valence-electron chi connectivity index (χ1n) is 5.72. The Hall–Kier alpha value is -1.71. The van der Waals surface area contributed by atoms with E-state index in [1.54, 1.807) is 13.0 Å². The molecule has 92 valence electrons. The molecule has 0 bridgehead atoms. The van der Waals surface area contributed by atoms with E-state index in [9.17, 15) is 4.79 Å². The van der Waals surface area contributed by atoms with Crippen LogP contribution in [0.15, 0.2) is 12.1 Å². The number of rotatable bonds is 2. The third-order valence-electron chi connectivity index (χ3n) is 2.97. The molecule has 1 aromatic carbocycles. The number of hydrogen-bond donors (Lipinski definition) is 1. The van der Waals surface area contributed by atoms with E-state index in [0.717, 1.165) is 17.5 Å². The summed E-state index contributed by atoms with van der Waals surface area (Å²) in [7, 11) is 0. The van der Waals surface area contributed by atoms with Crippen molar-refractivity contribution in [3.63, 3.8) is 0 Å². The summed E-state index contributed by atoms with van der Waals surface area (Å²) >= 11 is 0. The van der Waals surface area contributed by atoms with Gasteiger partial charge in [-0.2, -0.15) is 0 Å². The molecule has 0 saturated carbocycles. The standard InChI is InChI=1S/C13H16O4/c1-8-6-11-12(17-5-3-4-16-11)7-10(8)9(2)13(14)15/h6-7,9H,3-5H2,1-2H3,(H,14,15). The van der Waals surface area contributed by atoms with Crippen LogP contribution in [0.1, 0.15) is 30.4 Å². The fourth-order valence-electron chi connectivity index (χ4n) is 1.93. The Kier molecular flexibility index (Phi) is 3.22. The third-order valence-corrected chi connectivity index (χ3v) is 2.97. The van der Waals surface area contributed by atoms with E-state index >= 15 is 0 Å². The van der Waals surface area contributed by atoms with E-state index in [0.29, 0.717) is 24.7 Å². The Bertz CT molecular complexity index is 439. The van der Waals surface area contributed by atoms with Gasteiger partial charge in [-0.25, -0.2) is 0 Å². The Morgan fingerprint density at radius 3 is 2.47 bits per heavy atom. The molecule has 1 N–H and O–H groups in total. The minimum atomic E-state index is -0.831. The number of benzene rings is 1. The zero-order valence-corrected chi connectivity index (χ0v) is 10.0. The molecule has 1 aliphatic heterocycles. The molecule has 4 heteroatoms. The Balaban J connectivity index is 2.42. The van der Waals surface area contributed by atoms with Crippen molar-refractivity contribution >= 4 is 5.97 Å². The van der Waals surface area contributed by atoms with Crippen LogP contribution >= 0.6 is 0 Å². The van der Waals surface area contributed by atoms with Crippen LogP contribution in [0.3, 0.4) is 0 Å². The molecule has 1 atom stereocenters. The monoisotopic (exact) mass is 236 g/mol. The van der Waals surface area contributed by atoms with Crippen LogP contribution in [-0.4, -0.2) is 24.3 Å². The number of aryl methyl sites for hydroxylation is 1. The van der Waals surface area contributed by atoms with Gasteiger partial charge in [0.25, 0.3) is 0 Å². The molecule has 4 nitrogen and oxygen atoms in total. The van der Waals surface area contributed by atoms with Gasteiger partial charge in [0.15, 0.2) is 11.5 Å². The van der Waals surface area contributed by atoms with Crippen LogP contribution in [-0.2, 0) is 4.79 Å². The first-order valence-corrected chi connectivity index (χ1v) is 5.72. The molecular formula is C13H16O4. The van der Waals surface area contributed by atoms with Gasteiger partial charge < -0.3 is 14.6 Å². The Morgan fingerprint density at radius 2 is 1.88 bits per heavy atom. The molecule has 1 heterocycles. The summed E-state index contributed by atoms with van der Waals surface area (Å²) in [5, 5.41) is 9.05. The molecule has 0 spiro atoms. The van der Waals surface area contributed by atoms with Crippen LogP contribution in [0, 0.1) is 6.92 Å². The van der Waals surface area contributed by atoms with Gasteiger partial charge in [-0.3, -0.25) is 4.79 Å². The van der Waals surface area contributed by atoms with Gasteiger partial charge in [0.05, 0.1) is 19.1 Å². The number of fused-ring (bicyclic) bond motifs is 1. The lowest BCUT2D eigenvalue weighted by atomic mass is 9.96. The lowest BCUT2D eigenvalue weighted by Crippen LogP contribution is -2.09. The van der Waals surface area contributed by atoms with Gasteiger partial charge in [-0.15, -0.1) is 0 Å². The van der Waals surface area contributed by atoms with Gasteiger partial charge in [-0.05, 0) is 37.1 Å². The van der Waals surface area contributed by atoms with Crippen LogP contribution < -0.4 is 9.47 Å². The number of carboxylic acid groups (broad SMARTS) is 1. The van der Waals surface area contributed by atoms with Crippen molar-refractivity contribution in [2.45, 2.75) is 26.2 Å². The van der Waals surface area contributed by atoms with Crippen LogP contribution in [0.25, 0.3) is 0 Å². The molecule has 1 aromatic rings. The maximum absolute atomic E-state index is 11.0. The SMILES string of the molecule is Cc1cc2c(cc1C(C)C(=O)O)OCCCO2. The van der Waals surface area contributed by atoms with E-state index in [2.05, 4.69) is 0 Å². The smallest absolute Gasteiger partial charge is 0.310 e. The number of carbonyl (C=O) groups is 1. The fraction of sp³-hybridized carbons (Fsp3) is 0.462. The molecule has 0 aliphatic carbocycles. The summed E-state index contributed by atoms with van der Waals surface area (Å²) in [5.74, 6) is -0.00715. The molecule has 1 unspecified atom stereocenters. The summed E-state index contributed by atoms with van der Waals surface area (Å²) in [4.78, 5) is 11.0. The first-order chi connectivity index (χ1) is 8.09. The summed E-state index contributed by atoms with van der Waals surface area (Å²) < 4.78 is 11.1. The zero-order valence-electron chi connectivity index (χ0n) is 10.0. The maximum atomic E-state index is 11.0. The topological polar surface area (TPSA) is 55.8 Å². The number of aliphatic carboxylic acids is 1. The molecule has 0 aromatic heterocycles. The van der Waals surface area contributed by atoms with E-state index in [-0.39, 0.29) is 0 Å². The van der Waals surface area contributed by atoms with Crippen molar-refractivity contribution in [2.24, 2.45) is 0 Å². The highest BCUT2D eigenvalue weighted by atomic mass is 16.5. The van der Waals surface area contributed by atoms with E-state index in [1.165, 1.54) is 0 Å². The van der Waals surface area contributed by atoms with Crippen molar-refractivity contribution in [1.82, 2.24) is 0 Å². The van der Waals surface area contributed by atoms with Gasteiger partial charge in [0.2, 0.25) is 0 Å². The van der Waals surface area contributed by atoms with Gasteiger partial charge in [0, 0.05) is 6.42 Å². The summed E-state index contributed by atoms with van der Waals surface area (Å²) in [6.45, 7) is 4.81. The van der Waals surface area contributed by atoms with Gasteiger partial charge in [0.1, 0.15) is 0 Å². The zero-order chi connectivity index (χ0) is 12.4. The molecule has 0 saturated heterocycles.